The molecule has 4 N–H and O–H groups in total. The zero-order valence-electron chi connectivity index (χ0n) is 20.7. The van der Waals surface area contributed by atoms with Crippen molar-refractivity contribution in [2.75, 3.05) is 33.4 Å². The third-order valence-electron chi connectivity index (χ3n) is 7.48. The number of ether oxygens (including phenoxy) is 5. The minimum Gasteiger partial charge on any atom is -0.502 e. The molecule has 1 fully saturated rings. The summed E-state index contributed by atoms with van der Waals surface area (Å²) in [5, 5.41) is 13.6. The van der Waals surface area contributed by atoms with Crippen molar-refractivity contribution < 1.29 is 38.4 Å². The van der Waals surface area contributed by atoms with Gasteiger partial charge < -0.3 is 39.8 Å². The summed E-state index contributed by atoms with van der Waals surface area (Å²) >= 11 is 0. The molecule has 0 spiro atoms. The molecule has 6 rings (SSSR count). The van der Waals surface area contributed by atoms with Crippen molar-refractivity contribution in [1.82, 2.24) is 5.32 Å². The summed E-state index contributed by atoms with van der Waals surface area (Å²) in [6, 6.07) is 13.2. The number of fused-ring (bicyclic) bond motifs is 3. The van der Waals surface area contributed by atoms with E-state index in [1.807, 2.05) is 12.1 Å². The molecule has 10 heteroatoms. The Morgan fingerprint density at radius 3 is 2.34 bits per heavy atom. The van der Waals surface area contributed by atoms with Gasteiger partial charge in [-0.25, -0.2) is 0 Å². The maximum atomic E-state index is 13.3. The summed E-state index contributed by atoms with van der Waals surface area (Å²) in [6.45, 7) is 0.196. The lowest BCUT2D eigenvalue weighted by Crippen LogP contribution is -2.42. The first-order valence-electron chi connectivity index (χ1n) is 12.1. The van der Waals surface area contributed by atoms with Crippen molar-refractivity contribution >= 4 is 17.6 Å². The van der Waals surface area contributed by atoms with Crippen molar-refractivity contribution in [3.05, 3.63) is 70.8 Å². The second kappa shape index (κ2) is 9.05. The van der Waals surface area contributed by atoms with Gasteiger partial charge in [0.05, 0.1) is 32.8 Å². The first-order chi connectivity index (χ1) is 18.4. The number of aromatic hydroxyl groups is 1. The summed E-state index contributed by atoms with van der Waals surface area (Å²) in [5.74, 6) is -0.838. The Morgan fingerprint density at radius 2 is 1.68 bits per heavy atom. The van der Waals surface area contributed by atoms with Crippen molar-refractivity contribution in [3.63, 3.8) is 0 Å². The van der Waals surface area contributed by atoms with E-state index in [0.717, 1.165) is 11.1 Å². The largest absolute Gasteiger partial charge is 0.502 e. The number of esters is 1. The number of cyclic esters (lactones) is 1. The van der Waals surface area contributed by atoms with Crippen LogP contribution in [-0.2, 0) is 9.53 Å². The fraction of sp³-hybridized carbons (Fsp3) is 0.286. The molecule has 1 unspecified atom stereocenters. The maximum Gasteiger partial charge on any atom is 0.310 e. The number of rotatable bonds is 5. The number of carbonyl (C=O) groups excluding carboxylic acids is 2. The number of amides is 1. The predicted octanol–water partition coefficient (Wildman–Crippen LogP) is 3.13. The highest BCUT2D eigenvalue weighted by molar-refractivity contribution is 5.95. The van der Waals surface area contributed by atoms with E-state index >= 15 is 0 Å². The van der Waals surface area contributed by atoms with Crippen molar-refractivity contribution in [2.45, 2.75) is 12.0 Å². The van der Waals surface area contributed by atoms with Gasteiger partial charge in [0.15, 0.2) is 23.0 Å². The number of nitrogen functional groups attached to an aromatic ring is 1. The van der Waals surface area contributed by atoms with E-state index in [1.165, 1.54) is 14.2 Å². The monoisotopic (exact) mass is 518 g/mol. The Bertz CT molecular complexity index is 1430. The van der Waals surface area contributed by atoms with Crippen LogP contribution >= 0.6 is 0 Å². The van der Waals surface area contributed by atoms with Crippen LogP contribution < -0.4 is 30.0 Å². The molecule has 1 aliphatic carbocycles. The topological polar surface area (TPSA) is 139 Å². The third-order valence-corrected chi connectivity index (χ3v) is 7.48. The van der Waals surface area contributed by atoms with Crippen LogP contribution in [0.2, 0.25) is 0 Å². The molecule has 0 radical (unpaired) electrons. The van der Waals surface area contributed by atoms with Gasteiger partial charge in [0.1, 0.15) is 0 Å². The number of hydrogen-bond acceptors (Lipinski definition) is 9. The lowest BCUT2D eigenvalue weighted by atomic mass is 9.65. The first-order valence-corrected chi connectivity index (χ1v) is 12.1. The predicted molar refractivity (Wildman–Crippen MR) is 135 cm³/mol. The molecule has 4 atom stereocenters. The standard InChI is InChI=1S/C28H26N2O8/c1-34-21-7-14(8-22(35-2)26(21)31)23-16-9-19-20(38-12-37-19)10-17(16)25(18-11-36-28(33)24(18)23)30-27(32)13-4-3-5-15(29)6-13/h3-10,18,23-25,31H,11-12,29H2,1-2H3,(H,30,32)/t18?,23-,24+,25-/m1/s1. The quantitative estimate of drug-likeness (QED) is 0.343. The molecule has 2 heterocycles. The minimum absolute atomic E-state index is 0.0684. The molecule has 196 valence electrons. The lowest BCUT2D eigenvalue weighted by molar-refractivity contribution is -0.141. The minimum atomic E-state index is -0.632. The van der Waals surface area contributed by atoms with Crippen molar-refractivity contribution in [1.29, 1.82) is 0 Å². The Morgan fingerprint density at radius 1 is 1.00 bits per heavy atom. The number of anilines is 1. The van der Waals surface area contributed by atoms with Crippen LogP contribution in [0, 0.1) is 11.8 Å². The number of phenolic OH excluding ortho intramolecular Hbond substituents is 1. The van der Waals surface area contributed by atoms with E-state index < -0.39 is 17.9 Å². The van der Waals surface area contributed by atoms with Gasteiger partial charge >= 0.3 is 5.97 Å². The molecule has 0 saturated carbocycles. The highest BCUT2D eigenvalue weighted by Crippen LogP contribution is 2.55. The van der Waals surface area contributed by atoms with Gasteiger partial charge in [-0.2, -0.15) is 0 Å². The number of hydrogen-bond donors (Lipinski definition) is 3. The van der Waals surface area contributed by atoms with Gasteiger partial charge in [0, 0.05) is 23.1 Å². The SMILES string of the molecule is COc1cc([C@@H]2c3cc4c(cc3[C@@H](NC(=O)c3cccc(N)c3)C3COC(=O)[C@@H]32)OCO4)cc(OC)c1O. The molecule has 1 saturated heterocycles. The second-order valence-corrected chi connectivity index (χ2v) is 9.48. The molecule has 1 amide bonds. The zero-order valence-corrected chi connectivity index (χ0v) is 20.7. The van der Waals surface area contributed by atoms with Gasteiger partial charge in [0.2, 0.25) is 12.5 Å². The van der Waals surface area contributed by atoms with Crippen LogP contribution in [0.3, 0.4) is 0 Å². The van der Waals surface area contributed by atoms with Gasteiger partial charge in [-0.15, -0.1) is 0 Å². The molecule has 3 aromatic carbocycles. The van der Waals surface area contributed by atoms with E-state index in [1.54, 1.807) is 36.4 Å². The molecule has 2 aliphatic heterocycles. The number of benzene rings is 3. The Labute approximate surface area is 218 Å². The summed E-state index contributed by atoms with van der Waals surface area (Å²) < 4.78 is 27.7. The highest BCUT2D eigenvalue weighted by atomic mass is 16.7. The second-order valence-electron chi connectivity index (χ2n) is 9.48. The van der Waals surface area contributed by atoms with Gasteiger partial charge in [-0.05, 0) is 59.2 Å². The number of nitrogens with two attached hydrogens (primary N) is 1. The average Bonchev–Trinajstić information content (AvgIpc) is 3.54. The number of methoxy groups -OCH3 is 2. The lowest BCUT2D eigenvalue weighted by Gasteiger charge is -2.39. The summed E-state index contributed by atoms with van der Waals surface area (Å²) in [6.07, 6.45) is 0. The van der Waals surface area contributed by atoms with E-state index in [4.69, 9.17) is 29.4 Å². The molecule has 3 aromatic rings. The van der Waals surface area contributed by atoms with Gasteiger partial charge in [0.25, 0.3) is 5.91 Å². The van der Waals surface area contributed by atoms with Crippen LogP contribution in [0.5, 0.6) is 28.7 Å². The molecular formula is C28H26N2O8. The molecular weight excluding hydrogens is 492 g/mol. The van der Waals surface area contributed by atoms with Crippen LogP contribution in [0.1, 0.15) is 39.0 Å². The average molecular weight is 519 g/mol. The first kappa shape index (κ1) is 23.8. The number of nitrogens with one attached hydrogen (secondary N) is 1. The Kier molecular flexibility index (Phi) is 5.67. The normalized spacial score (nSPS) is 22.7. The molecule has 0 aromatic heterocycles. The number of phenols is 1. The Hall–Kier alpha value is -4.60. The molecule has 0 bridgehead atoms. The molecule has 3 aliphatic rings. The smallest absolute Gasteiger partial charge is 0.310 e. The van der Waals surface area contributed by atoms with E-state index in [-0.39, 0.29) is 48.4 Å². The van der Waals surface area contributed by atoms with Crippen molar-refractivity contribution in [2.24, 2.45) is 11.8 Å². The van der Waals surface area contributed by atoms with Gasteiger partial charge in [-0.1, -0.05) is 6.07 Å². The van der Waals surface area contributed by atoms with E-state index in [0.29, 0.717) is 28.3 Å². The Balaban J connectivity index is 1.52. The van der Waals surface area contributed by atoms with Crippen LogP contribution in [0.15, 0.2) is 48.5 Å². The molecule has 38 heavy (non-hydrogen) atoms. The van der Waals surface area contributed by atoms with Gasteiger partial charge in [-0.3, -0.25) is 9.59 Å². The fourth-order valence-electron chi connectivity index (χ4n) is 5.75. The summed E-state index contributed by atoms with van der Waals surface area (Å²) in [4.78, 5) is 26.6. The number of carbonyl (C=O) groups is 2. The molecule has 10 nitrogen and oxygen atoms in total. The van der Waals surface area contributed by atoms with Crippen LogP contribution in [0.4, 0.5) is 5.69 Å². The maximum absolute atomic E-state index is 13.3. The van der Waals surface area contributed by atoms with Crippen LogP contribution in [0.25, 0.3) is 0 Å². The summed E-state index contributed by atoms with van der Waals surface area (Å²) in [5.41, 5.74) is 9.01. The van der Waals surface area contributed by atoms with Crippen molar-refractivity contribution in [3.8, 4) is 28.7 Å². The zero-order chi connectivity index (χ0) is 26.6. The van der Waals surface area contributed by atoms with E-state index in [9.17, 15) is 14.7 Å². The highest BCUT2D eigenvalue weighted by Gasteiger charge is 2.53. The van der Waals surface area contributed by atoms with E-state index in [2.05, 4.69) is 5.32 Å². The van der Waals surface area contributed by atoms with Crippen LogP contribution in [-0.4, -0.2) is 44.6 Å². The summed E-state index contributed by atoms with van der Waals surface area (Å²) in [7, 11) is 2.89. The fourth-order valence-corrected chi connectivity index (χ4v) is 5.75. The third kappa shape index (κ3) is 3.71.